The third-order valence-electron chi connectivity index (χ3n) is 3.24. The largest absolute Gasteiger partial charge is 0.480 e. The van der Waals surface area contributed by atoms with Crippen molar-refractivity contribution in [3.05, 3.63) is 0 Å². The molecule has 7 heteroatoms. The summed E-state index contributed by atoms with van der Waals surface area (Å²) < 4.78 is 0. The lowest BCUT2D eigenvalue weighted by atomic mass is 10.1. The number of carbonyl (C=O) groups excluding carboxylic acids is 2. The quantitative estimate of drug-likeness (QED) is 0.591. The summed E-state index contributed by atoms with van der Waals surface area (Å²) in [5.74, 6) is -1.73. The third kappa shape index (κ3) is 3.92. The van der Waals surface area contributed by atoms with E-state index >= 15 is 0 Å². The maximum atomic E-state index is 12.1. The van der Waals surface area contributed by atoms with Crippen molar-refractivity contribution in [2.75, 3.05) is 13.1 Å². The van der Waals surface area contributed by atoms with E-state index in [1.165, 1.54) is 4.90 Å². The number of carbonyl (C=O) groups is 3. The zero-order valence-corrected chi connectivity index (χ0v) is 11.1. The zero-order chi connectivity index (χ0) is 14.4. The molecule has 0 saturated carbocycles. The van der Waals surface area contributed by atoms with Crippen molar-refractivity contribution in [2.45, 2.75) is 44.7 Å². The van der Waals surface area contributed by atoms with Gasteiger partial charge in [0.25, 0.3) is 0 Å². The second-order valence-corrected chi connectivity index (χ2v) is 4.64. The van der Waals surface area contributed by atoms with Gasteiger partial charge in [0.15, 0.2) is 0 Å². The van der Waals surface area contributed by atoms with Crippen LogP contribution in [0.2, 0.25) is 0 Å². The predicted octanol–water partition coefficient (Wildman–Crippen LogP) is -0.694. The number of nitrogens with zero attached hydrogens (tertiary/aromatic N) is 1. The van der Waals surface area contributed by atoms with E-state index in [2.05, 4.69) is 5.32 Å². The van der Waals surface area contributed by atoms with Crippen molar-refractivity contribution in [2.24, 2.45) is 5.73 Å². The van der Waals surface area contributed by atoms with E-state index in [1.54, 1.807) is 0 Å². The molecule has 2 atom stereocenters. The first-order valence-corrected chi connectivity index (χ1v) is 6.54. The van der Waals surface area contributed by atoms with E-state index in [0.717, 1.165) is 6.42 Å². The molecule has 4 N–H and O–H groups in total. The molecule has 0 radical (unpaired) electrons. The van der Waals surface area contributed by atoms with Crippen molar-refractivity contribution < 1.29 is 19.5 Å². The van der Waals surface area contributed by atoms with Crippen LogP contribution in [0.15, 0.2) is 0 Å². The fraction of sp³-hybridized carbons (Fsp3) is 0.750. The Morgan fingerprint density at radius 3 is 2.68 bits per heavy atom. The molecule has 1 rings (SSSR count). The van der Waals surface area contributed by atoms with Crippen LogP contribution >= 0.6 is 0 Å². The number of carboxylic acid groups (broad SMARTS) is 1. The van der Waals surface area contributed by atoms with Crippen LogP contribution in [0.5, 0.6) is 0 Å². The standard InChI is InChI=1S/C12H21N3O4/c1-2-4-8(12(18)19)14-11(17)9-5-3-6-15(9)10(16)7-13/h8-9H,2-7,13H2,1H3,(H,14,17)(H,18,19)/t8-,9-/m0/s1. The molecule has 0 bridgehead atoms. The number of carboxylic acids is 1. The smallest absolute Gasteiger partial charge is 0.326 e. The summed E-state index contributed by atoms with van der Waals surface area (Å²) in [7, 11) is 0. The summed E-state index contributed by atoms with van der Waals surface area (Å²) in [5.41, 5.74) is 5.29. The van der Waals surface area contributed by atoms with Crippen LogP contribution in [0.4, 0.5) is 0 Å². The average Bonchev–Trinajstić information content (AvgIpc) is 2.86. The zero-order valence-electron chi connectivity index (χ0n) is 11.1. The topological polar surface area (TPSA) is 113 Å². The lowest BCUT2D eigenvalue weighted by Gasteiger charge is -2.25. The molecule has 108 valence electrons. The van der Waals surface area contributed by atoms with Crippen LogP contribution in [0.25, 0.3) is 0 Å². The summed E-state index contributed by atoms with van der Waals surface area (Å²) in [6.45, 7) is 2.21. The number of hydrogen-bond donors (Lipinski definition) is 3. The average molecular weight is 271 g/mol. The SMILES string of the molecule is CCC[C@H](NC(=O)[C@@H]1CCCN1C(=O)CN)C(=O)O. The molecule has 1 aliphatic rings. The van der Waals surface area contributed by atoms with Gasteiger partial charge in [-0.2, -0.15) is 0 Å². The molecule has 0 aliphatic carbocycles. The summed E-state index contributed by atoms with van der Waals surface area (Å²) in [4.78, 5) is 36.1. The fourth-order valence-corrected chi connectivity index (χ4v) is 2.27. The molecule has 1 heterocycles. The number of nitrogens with one attached hydrogen (secondary N) is 1. The van der Waals surface area contributed by atoms with Gasteiger partial charge in [-0.3, -0.25) is 9.59 Å². The maximum Gasteiger partial charge on any atom is 0.326 e. The van der Waals surface area contributed by atoms with Gasteiger partial charge in [0.05, 0.1) is 6.54 Å². The Balaban J connectivity index is 2.65. The highest BCUT2D eigenvalue weighted by Crippen LogP contribution is 2.17. The molecule has 2 amide bonds. The minimum Gasteiger partial charge on any atom is -0.480 e. The van der Waals surface area contributed by atoms with E-state index in [1.807, 2.05) is 6.92 Å². The van der Waals surface area contributed by atoms with Crippen molar-refractivity contribution in [3.8, 4) is 0 Å². The molecule has 1 saturated heterocycles. The number of rotatable bonds is 6. The van der Waals surface area contributed by atoms with E-state index in [4.69, 9.17) is 10.8 Å². The Hall–Kier alpha value is -1.63. The normalized spacial score (nSPS) is 20.1. The molecule has 1 fully saturated rings. The second-order valence-electron chi connectivity index (χ2n) is 4.64. The minimum absolute atomic E-state index is 0.138. The van der Waals surface area contributed by atoms with Crippen LogP contribution in [0.3, 0.4) is 0 Å². The highest BCUT2D eigenvalue weighted by molar-refractivity contribution is 5.91. The maximum absolute atomic E-state index is 12.1. The van der Waals surface area contributed by atoms with Gasteiger partial charge in [-0.05, 0) is 19.3 Å². The Bertz CT molecular complexity index is 359. The predicted molar refractivity (Wildman–Crippen MR) is 68.3 cm³/mol. The van der Waals surface area contributed by atoms with Crippen LogP contribution < -0.4 is 11.1 Å². The summed E-state index contributed by atoms with van der Waals surface area (Å²) in [5, 5.41) is 11.5. The highest BCUT2D eigenvalue weighted by atomic mass is 16.4. The van der Waals surface area contributed by atoms with Gasteiger partial charge >= 0.3 is 5.97 Å². The number of aliphatic carboxylic acids is 1. The summed E-state index contributed by atoms with van der Waals surface area (Å²) in [6.07, 6.45) is 2.32. The van der Waals surface area contributed by atoms with Gasteiger partial charge in [-0.25, -0.2) is 4.79 Å². The minimum atomic E-state index is -1.05. The Kier molecular flexibility index (Phi) is 5.75. The van der Waals surface area contributed by atoms with Gasteiger partial charge < -0.3 is 21.1 Å². The number of nitrogens with two attached hydrogens (primary N) is 1. The molecule has 0 aromatic heterocycles. The molecular formula is C12H21N3O4. The molecule has 0 aromatic carbocycles. The van der Waals surface area contributed by atoms with Gasteiger partial charge in [-0.1, -0.05) is 13.3 Å². The van der Waals surface area contributed by atoms with Gasteiger partial charge in [-0.15, -0.1) is 0 Å². The molecule has 7 nitrogen and oxygen atoms in total. The van der Waals surface area contributed by atoms with Crippen molar-refractivity contribution >= 4 is 17.8 Å². The molecule has 0 aromatic rings. The van der Waals surface area contributed by atoms with Crippen molar-refractivity contribution in [1.29, 1.82) is 0 Å². The van der Waals surface area contributed by atoms with Gasteiger partial charge in [0.2, 0.25) is 11.8 Å². The van der Waals surface area contributed by atoms with E-state index < -0.39 is 24.0 Å². The first-order valence-electron chi connectivity index (χ1n) is 6.54. The highest BCUT2D eigenvalue weighted by Gasteiger charge is 2.34. The molecule has 0 unspecified atom stereocenters. The van der Waals surface area contributed by atoms with Crippen LogP contribution in [-0.2, 0) is 14.4 Å². The van der Waals surface area contributed by atoms with Crippen molar-refractivity contribution in [1.82, 2.24) is 10.2 Å². The molecule has 1 aliphatic heterocycles. The van der Waals surface area contributed by atoms with Gasteiger partial charge in [0.1, 0.15) is 12.1 Å². The first-order chi connectivity index (χ1) is 9.01. The Labute approximate surface area is 112 Å². The second kappa shape index (κ2) is 7.08. The van der Waals surface area contributed by atoms with Crippen LogP contribution in [0.1, 0.15) is 32.6 Å². The van der Waals surface area contributed by atoms with E-state index in [9.17, 15) is 14.4 Å². The van der Waals surface area contributed by atoms with E-state index in [-0.39, 0.29) is 12.5 Å². The summed E-state index contributed by atoms with van der Waals surface area (Å²) in [6, 6.07) is -1.48. The third-order valence-corrected chi connectivity index (χ3v) is 3.24. The lowest BCUT2D eigenvalue weighted by Crippen LogP contribution is -2.51. The van der Waals surface area contributed by atoms with E-state index in [0.29, 0.717) is 25.8 Å². The van der Waals surface area contributed by atoms with Crippen molar-refractivity contribution in [3.63, 3.8) is 0 Å². The fourth-order valence-electron chi connectivity index (χ4n) is 2.27. The monoisotopic (exact) mass is 271 g/mol. The van der Waals surface area contributed by atoms with Crippen LogP contribution in [0, 0.1) is 0 Å². The Morgan fingerprint density at radius 2 is 2.16 bits per heavy atom. The molecular weight excluding hydrogens is 250 g/mol. The number of likely N-dealkylation sites (tertiary alicyclic amines) is 1. The lowest BCUT2D eigenvalue weighted by molar-refractivity contribution is -0.143. The first kappa shape index (κ1) is 15.4. The molecule has 19 heavy (non-hydrogen) atoms. The Morgan fingerprint density at radius 1 is 1.47 bits per heavy atom. The molecule has 0 spiro atoms. The van der Waals surface area contributed by atoms with Gasteiger partial charge in [0, 0.05) is 6.54 Å². The number of hydrogen-bond acceptors (Lipinski definition) is 4. The number of amides is 2. The summed E-state index contributed by atoms with van der Waals surface area (Å²) >= 11 is 0. The van der Waals surface area contributed by atoms with Crippen LogP contribution in [-0.4, -0.2) is 53.0 Å².